The van der Waals surface area contributed by atoms with E-state index in [4.69, 9.17) is 0 Å². The van der Waals surface area contributed by atoms with Gasteiger partial charge in [0.1, 0.15) is 5.82 Å². The van der Waals surface area contributed by atoms with Gasteiger partial charge >= 0.3 is 0 Å². The number of aromatic amines is 1. The van der Waals surface area contributed by atoms with Crippen LogP contribution >= 0.6 is 0 Å². The van der Waals surface area contributed by atoms with E-state index in [1.807, 2.05) is 69.1 Å². The average molecular weight is 487 g/mol. The summed E-state index contributed by atoms with van der Waals surface area (Å²) < 4.78 is 1.70. The summed E-state index contributed by atoms with van der Waals surface area (Å²) in [6.07, 6.45) is 6.06. The van der Waals surface area contributed by atoms with Crippen LogP contribution in [0.5, 0.6) is 0 Å². The number of aromatic nitrogens is 7. The molecule has 5 rings (SSSR count). The minimum atomic E-state index is -0.489. The third kappa shape index (κ3) is 4.64. The van der Waals surface area contributed by atoms with Crippen molar-refractivity contribution in [2.75, 3.05) is 23.3 Å². The maximum atomic E-state index is 13.3. The Morgan fingerprint density at radius 2 is 2.03 bits per heavy atom. The number of hydrogen-bond donors (Lipinski definition) is 3. The minimum Gasteiger partial charge on any atom is -0.349 e. The molecule has 1 fully saturated rings. The Balaban J connectivity index is 1.23. The predicted molar refractivity (Wildman–Crippen MR) is 136 cm³/mol. The maximum absolute atomic E-state index is 13.3. The fourth-order valence-electron chi connectivity index (χ4n) is 4.35. The number of aryl methyl sites for hydroxylation is 2. The Morgan fingerprint density at radius 1 is 1.19 bits per heavy atom. The van der Waals surface area contributed by atoms with Crippen molar-refractivity contribution in [2.45, 2.75) is 40.2 Å². The lowest BCUT2D eigenvalue weighted by atomic mass is 9.76. The predicted octanol–water partition coefficient (Wildman–Crippen LogP) is 3.23. The van der Waals surface area contributed by atoms with Crippen LogP contribution in [0.25, 0.3) is 5.82 Å². The number of anilines is 3. The normalized spacial score (nSPS) is 15.3. The van der Waals surface area contributed by atoms with Gasteiger partial charge in [0.15, 0.2) is 11.6 Å². The Hall–Kier alpha value is -4.28. The molecule has 0 bridgehead atoms. The summed E-state index contributed by atoms with van der Waals surface area (Å²) in [5.41, 5.74) is 2.25. The molecule has 1 aliphatic rings. The Morgan fingerprint density at radius 3 is 2.67 bits per heavy atom. The summed E-state index contributed by atoms with van der Waals surface area (Å²) in [5, 5.41) is 17.7. The van der Waals surface area contributed by atoms with E-state index in [2.05, 4.69) is 40.9 Å². The molecule has 0 spiro atoms. The summed E-state index contributed by atoms with van der Waals surface area (Å²) >= 11 is 0. The van der Waals surface area contributed by atoms with E-state index >= 15 is 0 Å². The van der Waals surface area contributed by atoms with E-state index in [1.165, 1.54) is 0 Å². The molecule has 11 heteroatoms. The summed E-state index contributed by atoms with van der Waals surface area (Å²) in [6, 6.07) is 9.34. The molecule has 1 amide bonds. The van der Waals surface area contributed by atoms with Crippen LogP contribution in [0.2, 0.25) is 0 Å². The van der Waals surface area contributed by atoms with E-state index in [9.17, 15) is 4.79 Å². The number of nitrogens with zero attached hydrogens (tertiary/aromatic N) is 7. The van der Waals surface area contributed by atoms with E-state index in [-0.39, 0.29) is 11.9 Å². The molecule has 0 aromatic carbocycles. The summed E-state index contributed by atoms with van der Waals surface area (Å²) in [7, 11) is 0. The standard InChI is InChI=1S/C25H30N10O/c1-5-25(23(36)29-18(4)19-7-8-22(26-13-19)35-10-6-9-27-35)14-34(15-25)24-28-16(2)11-20(31-24)30-21-12-17(3)32-33-21/h6-13,18H,5,14-15H2,1-4H3,(H,29,36)(H2,28,30,31,32,33)/t18-/m0/s1. The second kappa shape index (κ2) is 9.40. The number of rotatable bonds is 8. The SMILES string of the molecule is CCC1(C(=O)N[C@@H](C)c2ccc(-n3cccn3)nc2)CN(c2nc(C)cc(Nc3cc(C)[nH]n3)n2)C1. The molecule has 1 aliphatic heterocycles. The molecule has 36 heavy (non-hydrogen) atoms. The van der Waals surface area contributed by atoms with Gasteiger partial charge in [0, 0.05) is 55.2 Å². The molecule has 1 atom stereocenters. The Labute approximate surface area is 209 Å². The van der Waals surface area contributed by atoms with Crippen LogP contribution in [0.1, 0.15) is 43.3 Å². The first kappa shape index (κ1) is 23.5. The molecule has 0 radical (unpaired) electrons. The molecular weight excluding hydrogens is 456 g/mol. The van der Waals surface area contributed by atoms with Crippen molar-refractivity contribution in [3.8, 4) is 5.82 Å². The summed E-state index contributed by atoms with van der Waals surface area (Å²) in [5.74, 6) is 2.73. The first-order valence-corrected chi connectivity index (χ1v) is 12.0. The second-order valence-corrected chi connectivity index (χ2v) is 9.34. The summed E-state index contributed by atoms with van der Waals surface area (Å²) in [6.45, 7) is 9.01. The zero-order chi connectivity index (χ0) is 25.3. The number of hydrogen-bond acceptors (Lipinski definition) is 8. The highest BCUT2D eigenvalue weighted by atomic mass is 16.2. The highest BCUT2D eigenvalue weighted by Crippen LogP contribution is 2.37. The molecule has 4 aromatic heterocycles. The molecule has 11 nitrogen and oxygen atoms in total. The van der Waals surface area contributed by atoms with Gasteiger partial charge in [0.2, 0.25) is 11.9 Å². The van der Waals surface area contributed by atoms with Gasteiger partial charge in [0.05, 0.1) is 11.5 Å². The van der Waals surface area contributed by atoms with Crippen molar-refractivity contribution in [1.29, 1.82) is 0 Å². The van der Waals surface area contributed by atoms with Gasteiger partial charge in [0.25, 0.3) is 0 Å². The van der Waals surface area contributed by atoms with Gasteiger partial charge in [-0.05, 0) is 44.9 Å². The quantitative estimate of drug-likeness (QED) is 0.346. The molecule has 5 heterocycles. The van der Waals surface area contributed by atoms with Crippen LogP contribution < -0.4 is 15.5 Å². The zero-order valence-corrected chi connectivity index (χ0v) is 20.9. The fourth-order valence-corrected chi connectivity index (χ4v) is 4.35. The molecule has 0 saturated carbocycles. The Bertz CT molecular complexity index is 1340. The van der Waals surface area contributed by atoms with Crippen molar-refractivity contribution in [1.82, 2.24) is 40.2 Å². The highest BCUT2D eigenvalue weighted by Gasteiger charge is 2.49. The number of carbonyl (C=O) groups excluding carboxylic acids is 1. The van der Waals surface area contributed by atoms with Crippen LogP contribution in [0.4, 0.5) is 17.6 Å². The molecular formula is C25H30N10O. The first-order chi connectivity index (χ1) is 17.3. The number of H-pyrrole nitrogens is 1. The van der Waals surface area contributed by atoms with E-state index in [0.717, 1.165) is 29.2 Å². The monoisotopic (exact) mass is 486 g/mol. The smallest absolute Gasteiger partial charge is 0.230 e. The number of carbonyl (C=O) groups is 1. The van der Waals surface area contributed by atoms with Crippen LogP contribution in [0.3, 0.4) is 0 Å². The molecule has 3 N–H and O–H groups in total. The average Bonchev–Trinajstić information content (AvgIpc) is 3.51. The van der Waals surface area contributed by atoms with Crippen molar-refractivity contribution >= 4 is 23.5 Å². The first-order valence-electron chi connectivity index (χ1n) is 12.0. The van der Waals surface area contributed by atoms with Crippen LogP contribution in [-0.4, -0.2) is 53.9 Å². The summed E-state index contributed by atoms with van der Waals surface area (Å²) in [4.78, 5) is 29.1. The van der Waals surface area contributed by atoms with Crippen LogP contribution in [-0.2, 0) is 4.79 Å². The number of amides is 1. The molecule has 4 aromatic rings. The lowest BCUT2D eigenvalue weighted by Gasteiger charge is -2.48. The molecule has 186 valence electrons. The van der Waals surface area contributed by atoms with E-state index < -0.39 is 5.41 Å². The van der Waals surface area contributed by atoms with E-state index in [0.29, 0.717) is 30.7 Å². The van der Waals surface area contributed by atoms with Crippen molar-refractivity contribution in [3.63, 3.8) is 0 Å². The minimum absolute atomic E-state index is 0.0305. The van der Waals surface area contributed by atoms with Crippen LogP contribution in [0, 0.1) is 19.3 Å². The van der Waals surface area contributed by atoms with Crippen LogP contribution in [0.15, 0.2) is 48.9 Å². The van der Waals surface area contributed by atoms with Gasteiger partial charge in [-0.25, -0.2) is 14.6 Å². The topological polar surface area (TPSA) is 130 Å². The lowest BCUT2D eigenvalue weighted by Crippen LogP contribution is -2.63. The van der Waals surface area contributed by atoms with Gasteiger partial charge in [-0.15, -0.1) is 0 Å². The maximum Gasteiger partial charge on any atom is 0.230 e. The number of pyridine rings is 1. The number of nitrogens with one attached hydrogen (secondary N) is 3. The van der Waals surface area contributed by atoms with Crippen molar-refractivity contribution in [3.05, 3.63) is 65.9 Å². The molecule has 0 unspecified atom stereocenters. The largest absolute Gasteiger partial charge is 0.349 e. The van der Waals surface area contributed by atoms with Crippen molar-refractivity contribution < 1.29 is 4.79 Å². The molecule has 1 saturated heterocycles. The molecule has 0 aliphatic carbocycles. The second-order valence-electron chi connectivity index (χ2n) is 9.34. The van der Waals surface area contributed by atoms with Gasteiger partial charge < -0.3 is 15.5 Å². The van der Waals surface area contributed by atoms with E-state index in [1.54, 1.807) is 17.1 Å². The highest BCUT2D eigenvalue weighted by molar-refractivity contribution is 5.86. The van der Waals surface area contributed by atoms with Gasteiger partial charge in [-0.3, -0.25) is 9.89 Å². The zero-order valence-electron chi connectivity index (χ0n) is 20.9. The third-order valence-electron chi connectivity index (χ3n) is 6.59. The Kier molecular flexibility index (Phi) is 6.13. The fraction of sp³-hybridized carbons (Fsp3) is 0.360. The van der Waals surface area contributed by atoms with Gasteiger partial charge in [-0.1, -0.05) is 13.0 Å². The van der Waals surface area contributed by atoms with Gasteiger partial charge in [-0.2, -0.15) is 15.2 Å². The lowest BCUT2D eigenvalue weighted by molar-refractivity contribution is -0.133. The third-order valence-corrected chi connectivity index (χ3v) is 6.59. The van der Waals surface area contributed by atoms with Crippen molar-refractivity contribution in [2.24, 2.45) is 5.41 Å².